The predicted octanol–water partition coefficient (Wildman–Crippen LogP) is 1.44. The van der Waals surface area contributed by atoms with Crippen LogP contribution in [0, 0.1) is 0 Å². The highest BCUT2D eigenvalue weighted by molar-refractivity contribution is 5.98. The normalized spacial score (nSPS) is 15.8. The first-order valence-corrected chi connectivity index (χ1v) is 28.2. The summed E-state index contributed by atoms with van der Waals surface area (Å²) in [5.74, 6) is -8.03. The number of nitrogens with one attached hydrogen (secondary N) is 7. The number of hydrogen-bond donors (Lipinski definition) is 9. The molecule has 1 aliphatic rings. The Morgan fingerprint density at radius 3 is 1.43 bits per heavy atom. The number of amides is 10. The Kier molecular flexibility index (Phi) is 27.1. The minimum atomic E-state index is -1.75. The van der Waals surface area contributed by atoms with Crippen molar-refractivity contribution in [3.8, 4) is 0 Å². The van der Waals surface area contributed by atoms with Gasteiger partial charge in [0.05, 0.1) is 70.9 Å². The Morgan fingerprint density at radius 2 is 0.965 bits per heavy atom. The summed E-state index contributed by atoms with van der Waals surface area (Å²) in [5.41, 5.74) is 13.2. The molecule has 9 atom stereocenters. The number of carbonyl (C=O) groups is 10. The lowest BCUT2D eigenvalue weighted by Gasteiger charge is -2.31. The number of primary amides is 2. The van der Waals surface area contributed by atoms with Crippen LogP contribution in [0.3, 0.4) is 0 Å². The van der Waals surface area contributed by atoms with Crippen LogP contribution in [0.25, 0.3) is 0 Å². The number of hydrogen-bond acceptors (Lipinski definition) is 15. The van der Waals surface area contributed by atoms with Gasteiger partial charge in [-0.15, -0.1) is 0 Å². The van der Waals surface area contributed by atoms with Crippen LogP contribution >= 0.6 is 0 Å². The van der Waals surface area contributed by atoms with E-state index < -0.39 is 146 Å². The van der Waals surface area contributed by atoms with E-state index in [1.165, 1.54) is 18.7 Å². The fourth-order valence-corrected chi connectivity index (χ4v) is 8.82. The zero-order valence-corrected chi connectivity index (χ0v) is 49.2. The molecule has 464 valence electrons. The van der Waals surface area contributed by atoms with Crippen molar-refractivity contribution in [1.29, 1.82) is 0 Å². The first kappa shape index (κ1) is 68.0. The lowest BCUT2D eigenvalue weighted by Crippen LogP contribution is -2.61. The van der Waals surface area contributed by atoms with Gasteiger partial charge in [0.1, 0.15) is 41.9 Å². The second-order valence-electron chi connectivity index (χ2n) is 21.5. The van der Waals surface area contributed by atoms with Crippen LogP contribution < -0.4 is 48.7 Å². The molecule has 0 aromatic heterocycles. The molecule has 4 aromatic rings. The average molecular weight is 1190 g/mol. The number of carbonyl (C=O) groups excluding carboxylic acids is 10. The molecule has 4 aromatic carbocycles. The summed E-state index contributed by atoms with van der Waals surface area (Å²) in [5, 5.41) is 17.5. The molecule has 0 saturated carbocycles. The summed E-state index contributed by atoms with van der Waals surface area (Å²) >= 11 is 0. The molecule has 25 heteroatoms. The predicted molar refractivity (Wildman–Crippen MR) is 313 cm³/mol. The third kappa shape index (κ3) is 23.3. The van der Waals surface area contributed by atoms with Crippen molar-refractivity contribution in [2.45, 2.75) is 147 Å². The number of nitrogens with two attached hydrogens (primary N) is 2. The van der Waals surface area contributed by atoms with Crippen molar-refractivity contribution < 1.29 is 71.6 Å². The molecule has 25 nitrogen and oxygen atoms in total. The maximum Gasteiger partial charge on any atom is 0.408 e. The zero-order valence-electron chi connectivity index (χ0n) is 49.2. The zero-order chi connectivity index (χ0) is 62.8. The molecule has 1 aliphatic heterocycles. The molecule has 0 radical (unpaired) electrons. The monoisotopic (exact) mass is 1190 g/mol. The van der Waals surface area contributed by atoms with Gasteiger partial charge in [-0.25, -0.2) is 4.79 Å². The van der Waals surface area contributed by atoms with E-state index in [0.717, 1.165) is 16.7 Å². The smallest absolute Gasteiger partial charge is 0.408 e. The van der Waals surface area contributed by atoms with Gasteiger partial charge in [-0.1, -0.05) is 121 Å². The van der Waals surface area contributed by atoms with Crippen molar-refractivity contribution in [2.75, 3.05) is 26.2 Å². The molecule has 1 heterocycles. The van der Waals surface area contributed by atoms with Crippen LogP contribution in [0.4, 0.5) is 4.79 Å². The van der Waals surface area contributed by atoms with Gasteiger partial charge >= 0.3 is 6.09 Å². The summed E-state index contributed by atoms with van der Waals surface area (Å²) in [6, 6.07) is 27.2. The molecule has 0 unspecified atom stereocenters. The fraction of sp³-hybridized carbons (Fsp3) is 0.443. The molecular weight excluding hydrogens is 1110 g/mol. The van der Waals surface area contributed by atoms with Crippen molar-refractivity contribution in [3.63, 3.8) is 0 Å². The molecule has 86 heavy (non-hydrogen) atoms. The summed E-state index contributed by atoms with van der Waals surface area (Å²) in [6.45, 7) is 7.76. The Labute approximate surface area is 500 Å². The number of nitrogens with zero attached hydrogens (tertiary/aromatic N) is 1. The van der Waals surface area contributed by atoms with E-state index in [-0.39, 0.29) is 33.0 Å². The van der Waals surface area contributed by atoms with Gasteiger partial charge in [0.15, 0.2) is 0 Å². The van der Waals surface area contributed by atoms with Gasteiger partial charge in [-0.3, -0.25) is 43.2 Å². The largest absolute Gasteiger partial charge is 0.444 e. The van der Waals surface area contributed by atoms with Gasteiger partial charge in [0.25, 0.3) is 0 Å². The van der Waals surface area contributed by atoms with Gasteiger partial charge < -0.3 is 77.3 Å². The molecule has 1 fully saturated rings. The van der Waals surface area contributed by atoms with Crippen LogP contribution in [0.5, 0.6) is 0 Å². The van der Waals surface area contributed by atoms with E-state index in [2.05, 4.69) is 37.2 Å². The standard InChI is InChI=1S/C61H80N10O15/c1-38(83-34-42-22-13-8-14-23-42)51(69-56(77)45(30-48(62)72)67-58(79)52(70-60(81)86-61(4,5)6)39(2)84-35-43-24-15-9-16-25-43)57(78)65-31-49(73)66-46(37-82-33-41-20-11-7-12-21-41)55(76)64-32-50(74)68-53(40(3)85-36-44-26-17-10-18-27-44)59(80)71-29-19-28-47(71)54(63)75/h7-18,20-27,38-40,45-47,51-53H,19,28-37H2,1-6H3,(H2,62,72)(H2,63,75)(H,64,76)(H,65,78)(H,66,73)(H,67,79)(H,68,74)(H,69,77)(H,70,81)/t38-,39-,40-,45+,46+,47+,51+,52+,53+/m1/s1. The average Bonchev–Trinajstić information content (AvgIpc) is 3.45. The molecule has 0 bridgehead atoms. The van der Waals surface area contributed by atoms with Gasteiger partial charge in [-0.2, -0.15) is 0 Å². The SMILES string of the molecule is C[C@@H](OCc1ccccc1)[C@H](NC(=O)OC(C)(C)C)C(=O)N[C@@H](CC(N)=O)C(=O)N[C@H](C(=O)NCC(=O)N[C@@H](COCc1ccccc1)C(=O)NCC(=O)N[C@H](C(=O)N1CCC[C@H]1C(N)=O)[C@@H](C)OCc1ccccc1)[C@@H](C)OCc1ccccc1. The molecule has 0 spiro atoms. The summed E-state index contributed by atoms with van der Waals surface area (Å²) < 4.78 is 29.3. The second kappa shape index (κ2) is 34.2. The number of ether oxygens (including phenoxy) is 5. The molecule has 11 N–H and O–H groups in total. The van der Waals surface area contributed by atoms with E-state index in [1.807, 2.05) is 36.4 Å². The van der Waals surface area contributed by atoms with Gasteiger partial charge in [0, 0.05) is 6.54 Å². The molecule has 1 saturated heterocycles. The van der Waals surface area contributed by atoms with Crippen LogP contribution in [0.1, 0.15) is 83.1 Å². The number of rotatable bonds is 33. The summed E-state index contributed by atoms with van der Waals surface area (Å²) in [4.78, 5) is 137. The van der Waals surface area contributed by atoms with E-state index in [9.17, 15) is 47.9 Å². The Morgan fingerprint density at radius 1 is 0.523 bits per heavy atom. The second-order valence-corrected chi connectivity index (χ2v) is 21.5. The maximum absolute atomic E-state index is 14.3. The van der Waals surface area contributed by atoms with Crippen molar-refractivity contribution in [1.82, 2.24) is 42.1 Å². The molecular formula is C61H80N10O15. The third-order valence-electron chi connectivity index (χ3n) is 13.4. The summed E-state index contributed by atoms with van der Waals surface area (Å²) in [6.07, 6.45) is -4.06. The minimum absolute atomic E-state index is 0.00654. The fourth-order valence-electron chi connectivity index (χ4n) is 8.82. The summed E-state index contributed by atoms with van der Waals surface area (Å²) in [7, 11) is 0. The highest BCUT2D eigenvalue weighted by atomic mass is 16.6. The van der Waals surface area contributed by atoms with Crippen LogP contribution in [0.15, 0.2) is 121 Å². The Bertz CT molecular complexity index is 2880. The van der Waals surface area contributed by atoms with Crippen LogP contribution in [0.2, 0.25) is 0 Å². The number of likely N-dealkylation sites (tertiary alicyclic amines) is 1. The molecule has 10 amide bonds. The molecule has 5 rings (SSSR count). The van der Waals surface area contributed by atoms with Crippen LogP contribution in [-0.4, -0.2) is 151 Å². The van der Waals surface area contributed by atoms with Crippen molar-refractivity contribution in [2.24, 2.45) is 11.5 Å². The van der Waals surface area contributed by atoms with Crippen molar-refractivity contribution in [3.05, 3.63) is 144 Å². The van der Waals surface area contributed by atoms with E-state index in [0.29, 0.717) is 18.4 Å². The highest BCUT2D eigenvalue weighted by Crippen LogP contribution is 2.20. The lowest BCUT2D eigenvalue weighted by atomic mass is 10.1. The highest BCUT2D eigenvalue weighted by Gasteiger charge is 2.40. The number of benzene rings is 4. The Hall–Kier alpha value is -8.78. The Balaban J connectivity index is 1.31. The quantitative estimate of drug-likeness (QED) is 0.0326. The van der Waals surface area contributed by atoms with E-state index in [1.54, 1.807) is 113 Å². The molecule has 0 aliphatic carbocycles. The third-order valence-corrected chi connectivity index (χ3v) is 13.4. The van der Waals surface area contributed by atoms with Crippen molar-refractivity contribution >= 4 is 59.3 Å². The minimum Gasteiger partial charge on any atom is -0.444 e. The maximum atomic E-state index is 14.3. The van der Waals surface area contributed by atoms with Gasteiger partial charge in [0.2, 0.25) is 53.2 Å². The first-order valence-electron chi connectivity index (χ1n) is 28.2. The van der Waals surface area contributed by atoms with E-state index in [4.69, 9.17) is 35.2 Å². The lowest BCUT2D eigenvalue weighted by molar-refractivity contribution is -0.144. The number of alkyl carbamates (subject to hydrolysis) is 1. The van der Waals surface area contributed by atoms with Crippen LogP contribution in [-0.2, 0) is 93.3 Å². The topological polar surface area (TPSA) is 356 Å². The first-order chi connectivity index (χ1) is 41.0. The van der Waals surface area contributed by atoms with E-state index >= 15 is 0 Å². The van der Waals surface area contributed by atoms with Gasteiger partial charge in [-0.05, 0) is 76.6 Å².